The van der Waals surface area contributed by atoms with Crippen molar-refractivity contribution in [1.29, 1.82) is 0 Å². The van der Waals surface area contributed by atoms with Crippen LogP contribution in [-0.4, -0.2) is 29.3 Å². The first kappa shape index (κ1) is 10.0. The maximum absolute atomic E-state index is 11.1. The number of phenols is 1. The minimum absolute atomic E-state index is 0.167. The third-order valence-corrected chi connectivity index (χ3v) is 1.64. The Balaban J connectivity index is 3.29. The minimum atomic E-state index is -1.24. The van der Waals surface area contributed by atoms with Crippen molar-refractivity contribution in [3.8, 4) is 5.75 Å². The van der Waals surface area contributed by atoms with E-state index < -0.39 is 11.9 Å². The van der Waals surface area contributed by atoms with Gasteiger partial charge < -0.3 is 14.9 Å². The lowest BCUT2D eigenvalue weighted by atomic mass is 10.1. The number of ether oxygens (including phenoxy) is 1. The molecule has 0 aromatic heterocycles. The van der Waals surface area contributed by atoms with E-state index in [0.29, 0.717) is 0 Å². The SMILES string of the molecule is COC(=O)c1cc(O)ccc1C(=O)O. The van der Waals surface area contributed by atoms with E-state index in [1.807, 2.05) is 0 Å². The smallest absolute Gasteiger partial charge is 0.338 e. The summed E-state index contributed by atoms with van der Waals surface area (Å²) in [7, 11) is 1.14. The molecule has 74 valence electrons. The number of hydrogen-bond donors (Lipinski definition) is 2. The lowest BCUT2D eigenvalue weighted by Gasteiger charge is -2.03. The van der Waals surface area contributed by atoms with Crippen LogP contribution in [0.1, 0.15) is 20.7 Å². The summed E-state index contributed by atoms with van der Waals surface area (Å²) in [4.78, 5) is 21.8. The van der Waals surface area contributed by atoms with E-state index in [9.17, 15) is 9.59 Å². The molecule has 1 rings (SSSR count). The number of aromatic hydroxyl groups is 1. The number of carboxylic acid groups (broad SMARTS) is 1. The molecule has 0 heterocycles. The lowest BCUT2D eigenvalue weighted by molar-refractivity contribution is 0.0582. The molecule has 0 amide bonds. The Morgan fingerprint density at radius 3 is 2.43 bits per heavy atom. The fourth-order valence-electron chi connectivity index (χ4n) is 0.998. The normalized spacial score (nSPS) is 9.50. The van der Waals surface area contributed by atoms with E-state index in [1.54, 1.807) is 0 Å². The number of phenolic OH excluding ortho intramolecular Hbond substituents is 1. The van der Waals surface area contributed by atoms with Gasteiger partial charge in [0.2, 0.25) is 0 Å². The van der Waals surface area contributed by atoms with Crippen molar-refractivity contribution in [2.45, 2.75) is 0 Å². The molecule has 0 fully saturated rings. The second-order valence-corrected chi connectivity index (χ2v) is 2.53. The summed E-state index contributed by atoms with van der Waals surface area (Å²) in [6.45, 7) is 0. The van der Waals surface area contributed by atoms with Crippen molar-refractivity contribution in [2.75, 3.05) is 7.11 Å². The summed E-state index contributed by atoms with van der Waals surface area (Å²) in [5.74, 6) is -2.22. The van der Waals surface area contributed by atoms with E-state index in [0.717, 1.165) is 19.2 Å². The van der Waals surface area contributed by atoms with E-state index >= 15 is 0 Å². The Bertz CT molecular complexity index is 383. The third kappa shape index (κ3) is 1.82. The predicted molar refractivity (Wildman–Crippen MR) is 46.4 cm³/mol. The summed E-state index contributed by atoms with van der Waals surface area (Å²) in [5, 5.41) is 17.8. The molecule has 0 aliphatic heterocycles. The Morgan fingerprint density at radius 2 is 1.93 bits per heavy atom. The molecule has 2 N–H and O–H groups in total. The number of methoxy groups -OCH3 is 1. The molecule has 0 bridgehead atoms. The number of benzene rings is 1. The van der Waals surface area contributed by atoms with E-state index in [2.05, 4.69) is 4.74 Å². The molecule has 0 unspecified atom stereocenters. The zero-order chi connectivity index (χ0) is 10.7. The molecule has 14 heavy (non-hydrogen) atoms. The van der Waals surface area contributed by atoms with Gasteiger partial charge in [-0.2, -0.15) is 0 Å². The fourth-order valence-corrected chi connectivity index (χ4v) is 0.998. The molecule has 0 radical (unpaired) electrons. The Kier molecular flexibility index (Phi) is 2.71. The Hall–Kier alpha value is -2.04. The largest absolute Gasteiger partial charge is 0.508 e. The minimum Gasteiger partial charge on any atom is -0.508 e. The number of esters is 1. The maximum Gasteiger partial charge on any atom is 0.338 e. The van der Waals surface area contributed by atoms with Gasteiger partial charge in [0.05, 0.1) is 18.2 Å². The van der Waals surface area contributed by atoms with Gasteiger partial charge in [-0.1, -0.05) is 0 Å². The Labute approximate surface area is 79.6 Å². The van der Waals surface area contributed by atoms with Gasteiger partial charge in [0.15, 0.2) is 0 Å². The first-order chi connectivity index (χ1) is 6.56. The third-order valence-electron chi connectivity index (χ3n) is 1.64. The first-order valence-electron chi connectivity index (χ1n) is 3.71. The molecule has 5 heteroatoms. The monoisotopic (exact) mass is 196 g/mol. The zero-order valence-electron chi connectivity index (χ0n) is 7.35. The summed E-state index contributed by atoms with van der Waals surface area (Å²) in [6.07, 6.45) is 0. The van der Waals surface area contributed by atoms with Crippen molar-refractivity contribution in [3.05, 3.63) is 29.3 Å². The number of carbonyl (C=O) groups is 2. The summed E-state index contributed by atoms with van der Waals surface area (Å²) >= 11 is 0. The number of carboxylic acids is 1. The van der Waals surface area contributed by atoms with Crippen LogP contribution in [0.5, 0.6) is 5.75 Å². The van der Waals surface area contributed by atoms with E-state index in [-0.39, 0.29) is 16.9 Å². The van der Waals surface area contributed by atoms with Crippen LogP contribution in [0.25, 0.3) is 0 Å². The molecule has 5 nitrogen and oxygen atoms in total. The number of aromatic carboxylic acids is 1. The van der Waals surface area contributed by atoms with Crippen LogP contribution in [0.2, 0.25) is 0 Å². The summed E-state index contributed by atoms with van der Waals surface area (Å²) in [5.41, 5.74) is -0.366. The number of rotatable bonds is 2. The highest BCUT2D eigenvalue weighted by atomic mass is 16.5. The standard InChI is InChI=1S/C9H8O5/c1-14-9(13)7-4-5(10)2-3-6(7)8(11)12/h2-4,10H,1H3,(H,11,12). The van der Waals surface area contributed by atoms with Crippen molar-refractivity contribution in [2.24, 2.45) is 0 Å². The van der Waals surface area contributed by atoms with Crippen LogP contribution < -0.4 is 0 Å². The average molecular weight is 196 g/mol. The van der Waals surface area contributed by atoms with Gasteiger partial charge in [-0.05, 0) is 18.2 Å². The van der Waals surface area contributed by atoms with Crippen molar-refractivity contribution in [1.82, 2.24) is 0 Å². The zero-order valence-corrected chi connectivity index (χ0v) is 7.35. The highest BCUT2D eigenvalue weighted by Gasteiger charge is 2.17. The van der Waals surface area contributed by atoms with E-state index in [4.69, 9.17) is 10.2 Å². The van der Waals surface area contributed by atoms with Crippen molar-refractivity contribution >= 4 is 11.9 Å². The molecular formula is C9H8O5. The second-order valence-electron chi connectivity index (χ2n) is 2.53. The van der Waals surface area contributed by atoms with Gasteiger partial charge in [0.1, 0.15) is 5.75 Å². The molecule has 0 atom stereocenters. The molecule has 0 saturated carbocycles. The van der Waals surface area contributed by atoms with Crippen LogP contribution >= 0.6 is 0 Å². The average Bonchev–Trinajstić information content (AvgIpc) is 2.16. The summed E-state index contributed by atoms with van der Waals surface area (Å²) < 4.78 is 4.37. The second kappa shape index (κ2) is 3.78. The van der Waals surface area contributed by atoms with Crippen LogP contribution in [0, 0.1) is 0 Å². The van der Waals surface area contributed by atoms with Gasteiger partial charge in [-0.25, -0.2) is 9.59 Å². The van der Waals surface area contributed by atoms with Crippen LogP contribution in [-0.2, 0) is 4.74 Å². The summed E-state index contributed by atoms with van der Waals surface area (Å²) in [6, 6.07) is 3.38. The fraction of sp³-hybridized carbons (Fsp3) is 0.111. The molecule has 0 aliphatic rings. The van der Waals surface area contributed by atoms with Crippen LogP contribution in [0.15, 0.2) is 18.2 Å². The van der Waals surface area contributed by atoms with Gasteiger partial charge in [0, 0.05) is 0 Å². The molecule has 1 aromatic carbocycles. The molecule has 0 saturated heterocycles. The first-order valence-corrected chi connectivity index (χ1v) is 3.71. The highest BCUT2D eigenvalue weighted by Crippen LogP contribution is 2.17. The van der Waals surface area contributed by atoms with Gasteiger partial charge >= 0.3 is 11.9 Å². The lowest BCUT2D eigenvalue weighted by Crippen LogP contribution is -2.09. The molecule has 0 aliphatic carbocycles. The van der Waals surface area contributed by atoms with Crippen molar-refractivity contribution in [3.63, 3.8) is 0 Å². The predicted octanol–water partition coefficient (Wildman–Crippen LogP) is 0.877. The molecule has 0 spiro atoms. The maximum atomic E-state index is 11.1. The van der Waals surface area contributed by atoms with Crippen LogP contribution in [0.3, 0.4) is 0 Å². The quantitative estimate of drug-likeness (QED) is 0.686. The van der Waals surface area contributed by atoms with E-state index in [1.165, 1.54) is 6.07 Å². The van der Waals surface area contributed by atoms with Gasteiger partial charge in [0.25, 0.3) is 0 Å². The Morgan fingerprint density at radius 1 is 1.29 bits per heavy atom. The molecular weight excluding hydrogens is 188 g/mol. The number of carbonyl (C=O) groups excluding carboxylic acids is 1. The molecule has 1 aromatic rings. The van der Waals surface area contributed by atoms with Crippen LogP contribution in [0.4, 0.5) is 0 Å². The highest BCUT2D eigenvalue weighted by molar-refractivity contribution is 6.02. The topological polar surface area (TPSA) is 83.8 Å². The number of hydrogen-bond acceptors (Lipinski definition) is 4. The van der Waals surface area contributed by atoms with Gasteiger partial charge in [-0.15, -0.1) is 0 Å². The van der Waals surface area contributed by atoms with Gasteiger partial charge in [-0.3, -0.25) is 0 Å². The van der Waals surface area contributed by atoms with Crippen molar-refractivity contribution < 1.29 is 24.5 Å².